The van der Waals surface area contributed by atoms with Crippen LogP contribution >= 0.6 is 11.3 Å². The number of nitrogens with two attached hydrogens (primary N) is 2. The first-order chi connectivity index (χ1) is 15.3. The third-order valence-electron chi connectivity index (χ3n) is 4.45. The van der Waals surface area contributed by atoms with Gasteiger partial charge in [-0.1, -0.05) is 44.2 Å². The minimum absolute atomic E-state index is 0.112. The van der Waals surface area contributed by atoms with Gasteiger partial charge in [0.05, 0.1) is 6.54 Å². The van der Waals surface area contributed by atoms with E-state index in [0.29, 0.717) is 24.8 Å². The summed E-state index contributed by atoms with van der Waals surface area (Å²) in [6.07, 6.45) is 3.67. The minimum Gasteiger partial charge on any atom is -0.383 e. The van der Waals surface area contributed by atoms with Crippen molar-refractivity contribution in [2.45, 2.75) is 58.7 Å². The smallest absolute Gasteiger partial charge is 0.242 e. The topological polar surface area (TPSA) is 123 Å². The molecule has 2 aromatic heterocycles. The molecule has 0 aliphatic carbocycles. The van der Waals surface area contributed by atoms with Crippen LogP contribution in [0.25, 0.3) is 10.1 Å². The van der Waals surface area contributed by atoms with Crippen LogP contribution in [0.5, 0.6) is 0 Å². The number of anilines is 1. The van der Waals surface area contributed by atoms with Gasteiger partial charge in [-0.05, 0) is 43.5 Å². The minimum atomic E-state index is -0.578. The van der Waals surface area contributed by atoms with Gasteiger partial charge in [-0.15, -0.1) is 11.3 Å². The molecule has 3 aromatic rings. The van der Waals surface area contributed by atoms with Crippen LogP contribution in [-0.2, 0) is 22.6 Å². The molecule has 0 spiro atoms. The predicted octanol–water partition coefficient (Wildman–Crippen LogP) is 3.38. The number of aromatic nitrogens is 1. The molecule has 1 aromatic carbocycles. The van der Waals surface area contributed by atoms with Gasteiger partial charge < -0.3 is 22.1 Å². The quantitative estimate of drug-likeness (QED) is 0.415. The molecule has 8 heteroatoms. The van der Waals surface area contributed by atoms with Crippen molar-refractivity contribution in [1.29, 1.82) is 0 Å². The fourth-order valence-corrected chi connectivity index (χ4v) is 3.93. The zero-order valence-electron chi connectivity index (χ0n) is 18.9. The van der Waals surface area contributed by atoms with Gasteiger partial charge in [-0.2, -0.15) is 0 Å². The number of benzene rings is 1. The molecule has 0 saturated carbocycles. The number of amides is 2. The number of fused-ring (bicyclic) bond motifs is 1. The van der Waals surface area contributed by atoms with E-state index >= 15 is 0 Å². The lowest BCUT2D eigenvalue weighted by atomic mass is 10.1. The molecule has 6 N–H and O–H groups in total. The highest BCUT2D eigenvalue weighted by Crippen LogP contribution is 2.28. The second-order valence-electron chi connectivity index (χ2n) is 7.91. The number of nitrogens with one attached hydrogen (secondary N) is 2. The van der Waals surface area contributed by atoms with Gasteiger partial charge in [-0.25, -0.2) is 4.98 Å². The summed E-state index contributed by atoms with van der Waals surface area (Å²) in [6.45, 7) is 5.98. The molecule has 0 bridgehead atoms. The van der Waals surface area contributed by atoms with Crippen LogP contribution in [0.1, 0.15) is 44.1 Å². The Labute approximate surface area is 193 Å². The van der Waals surface area contributed by atoms with Crippen molar-refractivity contribution in [3.8, 4) is 0 Å². The summed E-state index contributed by atoms with van der Waals surface area (Å²) in [5.74, 6) is 0.168. The number of nitrogens with zero attached hydrogens (tertiary/aromatic N) is 1. The molecule has 2 amide bonds. The van der Waals surface area contributed by atoms with E-state index in [1.165, 1.54) is 5.56 Å². The van der Waals surface area contributed by atoms with Gasteiger partial charge in [0.25, 0.3) is 0 Å². The van der Waals surface area contributed by atoms with Crippen LogP contribution in [0.2, 0.25) is 0 Å². The largest absolute Gasteiger partial charge is 0.383 e. The van der Waals surface area contributed by atoms with Crippen molar-refractivity contribution < 1.29 is 9.59 Å². The van der Waals surface area contributed by atoms with Gasteiger partial charge >= 0.3 is 0 Å². The third kappa shape index (κ3) is 8.64. The molecule has 32 heavy (non-hydrogen) atoms. The summed E-state index contributed by atoms with van der Waals surface area (Å²) in [4.78, 5) is 29.4. The predicted molar refractivity (Wildman–Crippen MR) is 132 cm³/mol. The molecule has 0 fully saturated rings. The maximum absolute atomic E-state index is 12.3. The van der Waals surface area contributed by atoms with Crippen molar-refractivity contribution in [3.63, 3.8) is 0 Å². The molecule has 0 saturated heterocycles. The van der Waals surface area contributed by atoms with E-state index in [9.17, 15) is 9.59 Å². The number of nitrogen functional groups attached to an aromatic ring is 1. The van der Waals surface area contributed by atoms with Gasteiger partial charge in [0.2, 0.25) is 11.8 Å². The van der Waals surface area contributed by atoms with E-state index in [2.05, 4.69) is 15.6 Å². The maximum Gasteiger partial charge on any atom is 0.242 e. The third-order valence-corrected chi connectivity index (χ3v) is 5.55. The van der Waals surface area contributed by atoms with E-state index in [0.717, 1.165) is 27.8 Å². The van der Waals surface area contributed by atoms with Crippen LogP contribution in [0, 0.1) is 0 Å². The summed E-state index contributed by atoms with van der Waals surface area (Å²) < 4.78 is 1.04. The number of rotatable bonds is 8. The highest BCUT2D eigenvalue weighted by molar-refractivity contribution is 7.19. The fourth-order valence-electron chi connectivity index (χ4n) is 2.93. The standard InChI is InChI=1S/C21H24N4O2S.C3H9N/c1-14(25-19(26)9-5-8-15-6-3-2-4-7-15)21(27)24-13-16-12-17-18(28-16)10-11-23-20(17)22;1-3(2)4/h2-4,6-7,10-12,14H,5,8-9,13H2,1H3,(H2,22,23)(H,24,27)(H,25,26);3H,4H2,1-2H3. The molecule has 0 aliphatic heterocycles. The van der Waals surface area contributed by atoms with E-state index in [-0.39, 0.29) is 11.8 Å². The molecule has 0 radical (unpaired) electrons. The number of thiophene rings is 1. The second kappa shape index (κ2) is 12.8. The Morgan fingerprint density at radius 1 is 1.12 bits per heavy atom. The molecule has 0 aliphatic rings. The lowest BCUT2D eigenvalue weighted by Gasteiger charge is -2.13. The number of hydrogen-bond donors (Lipinski definition) is 4. The summed E-state index contributed by atoms with van der Waals surface area (Å²) >= 11 is 1.57. The van der Waals surface area contributed by atoms with Crippen molar-refractivity contribution in [2.75, 3.05) is 5.73 Å². The summed E-state index contributed by atoms with van der Waals surface area (Å²) in [6, 6.07) is 13.6. The van der Waals surface area contributed by atoms with Crippen LogP contribution < -0.4 is 22.1 Å². The van der Waals surface area contributed by atoms with Crippen molar-refractivity contribution >= 4 is 39.1 Å². The Hall–Kier alpha value is -2.97. The number of aryl methyl sites for hydroxylation is 1. The lowest BCUT2D eigenvalue weighted by molar-refractivity contribution is -0.128. The first kappa shape index (κ1) is 25.3. The van der Waals surface area contributed by atoms with Crippen molar-refractivity contribution in [1.82, 2.24) is 15.6 Å². The normalized spacial score (nSPS) is 11.5. The zero-order valence-corrected chi connectivity index (χ0v) is 19.7. The molecule has 7 nitrogen and oxygen atoms in total. The Kier molecular flexibility index (Phi) is 10.1. The zero-order chi connectivity index (χ0) is 23.5. The molecule has 3 rings (SSSR count). The second-order valence-corrected chi connectivity index (χ2v) is 9.08. The molecule has 1 unspecified atom stereocenters. The van der Waals surface area contributed by atoms with Gasteiger partial charge in [0, 0.05) is 27.6 Å². The summed E-state index contributed by atoms with van der Waals surface area (Å²) in [7, 11) is 0. The van der Waals surface area contributed by atoms with Gasteiger partial charge in [-0.3, -0.25) is 9.59 Å². The highest BCUT2D eigenvalue weighted by Gasteiger charge is 2.15. The molecular weight excluding hydrogens is 422 g/mol. The first-order valence-corrected chi connectivity index (χ1v) is 11.6. The SMILES string of the molecule is CC(C)N.CC(NC(=O)CCCc1ccccc1)C(=O)NCc1cc2c(N)nccc2s1. The molecule has 1 atom stereocenters. The first-order valence-electron chi connectivity index (χ1n) is 10.8. The Morgan fingerprint density at radius 3 is 2.47 bits per heavy atom. The van der Waals surface area contributed by atoms with Crippen molar-refractivity contribution in [2.24, 2.45) is 5.73 Å². The van der Waals surface area contributed by atoms with Gasteiger partial charge in [0.1, 0.15) is 11.9 Å². The Balaban J connectivity index is 0.000000837. The van der Waals surface area contributed by atoms with Crippen LogP contribution in [0.15, 0.2) is 48.7 Å². The van der Waals surface area contributed by atoms with Crippen LogP contribution in [-0.4, -0.2) is 28.9 Å². The number of carbonyl (C=O) groups excluding carboxylic acids is 2. The summed E-state index contributed by atoms with van der Waals surface area (Å²) in [5, 5.41) is 6.52. The Bertz CT molecular complexity index is 1000. The molecule has 2 heterocycles. The maximum atomic E-state index is 12.3. The average molecular weight is 456 g/mol. The van der Waals surface area contributed by atoms with Crippen LogP contribution in [0.3, 0.4) is 0 Å². The molecule has 172 valence electrons. The van der Waals surface area contributed by atoms with E-state index in [1.807, 2.05) is 56.3 Å². The number of hydrogen-bond acceptors (Lipinski definition) is 6. The monoisotopic (exact) mass is 455 g/mol. The van der Waals surface area contributed by atoms with Crippen molar-refractivity contribution in [3.05, 3.63) is 59.1 Å². The summed E-state index contributed by atoms with van der Waals surface area (Å²) in [5.41, 5.74) is 12.2. The van der Waals surface area contributed by atoms with E-state index in [4.69, 9.17) is 11.5 Å². The van der Waals surface area contributed by atoms with E-state index < -0.39 is 6.04 Å². The Morgan fingerprint density at radius 2 is 1.81 bits per heavy atom. The number of pyridine rings is 1. The average Bonchev–Trinajstić information content (AvgIpc) is 3.17. The fraction of sp³-hybridized carbons (Fsp3) is 0.375. The van der Waals surface area contributed by atoms with Crippen LogP contribution in [0.4, 0.5) is 5.82 Å². The number of carbonyl (C=O) groups is 2. The lowest BCUT2D eigenvalue weighted by Crippen LogP contribution is -2.44. The molecular formula is C24H33N5O2S. The van der Waals surface area contributed by atoms with Gasteiger partial charge in [0.15, 0.2) is 0 Å². The van der Waals surface area contributed by atoms with E-state index in [1.54, 1.807) is 24.5 Å². The highest BCUT2D eigenvalue weighted by atomic mass is 32.1.